The first-order chi connectivity index (χ1) is 8.72. The zero-order chi connectivity index (χ0) is 13.0. The number of anilines is 3. The number of methoxy groups -OCH3 is 2. The molecule has 0 saturated heterocycles. The van der Waals surface area contributed by atoms with E-state index in [1.165, 1.54) is 6.33 Å². The first kappa shape index (κ1) is 12.0. The molecule has 0 bridgehead atoms. The minimum atomic E-state index is 0.410. The van der Waals surface area contributed by atoms with E-state index >= 15 is 0 Å². The van der Waals surface area contributed by atoms with Crippen molar-refractivity contribution in [3.05, 3.63) is 30.6 Å². The molecule has 3 N–H and O–H groups in total. The Bertz CT molecular complexity index is 545. The number of ether oxygens (including phenoxy) is 2. The average molecular weight is 246 g/mol. The highest BCUT2D eigenvalue weighted by Gasteiger charge is 2.05. The van der Waals surface area contributed by atoms with Gasteiger partial charge >= 0.3 is 0 Å². The molecule has 0 saturated carbocycles. The van der Waals surface area contributed by atoms with E-state index in [0.29, 0.717) is 23.1 Å². The average Bonchev–Trinajstić information content (AvgIpc) is 2.38. The van der Waals surface area contributed by atoms with Crippen molar-refractivity contribution in [1.29, 1.82) is 0 Å². The molecule has 0 unspecified atom stereocenters. The van der Waals surface area contributed by atoms with Crippen LogP contribution in [0.2, 0.25) is 0 Å². The largest absolute Gasteiger partial charge is 0.493 e. The van der Waals surface area contributed by atoms with Crippen molar-refractivity contribution < 1.29 is 9.47 Å². The normalized spacial score (nSPS) is 9.89. The number of nitrogens with two attached hydrogens (primary N) is 1. The van der Waals surface area contributed by atoms with Crippen molar-refractivity contribution in [3.63, 3.8) is 0 Å². The van der Waals surface area contributed by atoms with Crippen molar-refractivity contribution in [3.8, 4) is 11.5 Å². The second-order valence-corrected chi connectivity index (χ2v) is 3.52. The predicted octanol–water partition coefficient (Wildman–Crippen LogP) is 1.82. The summed E-state index contributed by atoms with van der Waals surface area (Å²) in [5.74, 6) is 2.34. The Hall–Kier alpha value is -2.50. The van der Waals surface area contributed by atoms with Gasteiger partial charge in [-0.05, 0) is 12.1 Å². The van der Waals surface area contributed by atoms with Crippen LogP contribution in [0.4, 0.5) is 17.3 Å². The summed E-state index contributed by atoms with van der Waals surface area (Å²) in [5, 5.41) is 3.10. The third-order valence-electron chi connectivity index (χ3n) is 2.34. The summed E-state index contributed by atoms with van der Waals surface area (Å²) in [7, 11) is 3.18. The summed E-state index contributed by atoms with van der Waals surface area (Å²) in [5.41, 5.74) is 6.40. The fourth-order valence-corrected chi connectivity index (χ4v) is 1.50. The summed E-state index contributed by atoms with van der Waals surface area (Å²) in [4.78, 5) is 7.88. The van der Waals surface area contributed by atoms with E-state index in [0.717, 1.165) is 5.69 Å². The first-order valence-electron chi connectivity index (χ1n) is 5.29. The van der Waals surface area contributed by atoms with E-state index in [4.69, 9.17) is 15.2 Å². The first-order valence-corrected chi connectivity index (χ1v) is 5.29. The van der Waals surface area contributed by atoms with Gasteiger partial charge < -0.3 is 20.5 Å². The summed E-state index contributed by atoms with van der Waals surface area (Å²) in [6.45, 7) is 0. The third kappa shape index (κ3) is 2.60. The molecule has 0 amide bonds. The molecule has 2 aromatic rings. The summed E-state index contributed by atoms with van der Waals surface area (Å²) in [6.07, 6.45) is 1.40. The van der Waals surface area contributed by atoms with Crippen molar-refractivity contribution in [2.45, 2.75) is 0 Å². The lowest BCUT2D eigenvalue weighted by Gasteiger charge is -2.10. The number of nitrogens with zero attached hydrogens (tertiary/aromatic N) is 2. The van der Waals surface area contributed by atoms with Gasteiger partial charge in [0.1, 0.15) is 18.0 Å². The molecule has 0 spiro atoms. The Morgan fingerprint density at radius 3 is 2.50 bits per heavy atom. The zero-order valence-electron chi connectivity index (χ0n) is 10.2. The highest BCUT2D eigenvalue weighted by atomic mass is 16.5. The van der Waals surface area contributed by atoms with Gasteiger partial charge in [-0.3, -0.25) is 0 Å². The van der Waals surface area contributed by atoms with Crippen LogP contribution in [0, 0.1) is 0 Å². The monoisotopic (exact) mass is 246 g/mol. The van der Waals surface area contributed by atoms with Gasteiger partial charge in [0, 0.05) is 17.8 Å². The van der Waals surface area contributed by atoms with Crippen LogP contribution in [0.25, 0.3) is 0 Å². The maximum atomic E-state index is 5.58. The van der Waals surface area contributed by atoms with Crippen LogP contribution >= 0.6 is 0 Å². The minimum absolute atomic E-state index is 0.410. The van der Waals surface area contributed by atoms with Crippen LogP contribution in [-0.4, -0.2) is 24.2 Å². The van der Waals surface area contributed by atoms with Crippen LogP contribution < -0.4 is 20.5 Å². The molecule has 0 aliphatic rings. The molecule has 0 radical (unpaired) electrons. The van der Waals surface area contributed by atoms with Crippen molar-refractivity contribution in [2.75, 3.05) is 25.3 Å². The van der Waals surface area contributed by atoms with Gasteiger partial charge in [0.15, 0.2) is 11.5 Å². The predicted molar refractivity (Wildman–Crippen MR) is 69.3 cm³/mol. The zero-order valence-corrected chi connectivity index (χ0v) is 10.2. The second kappa shape index (κ2) is 5.22. The number of aromatic nitrogens is 2. The van der Waals surface area contributed by atoms with Gasteiger partial charge in [0.2, 0.25) is 0 Å². The Balaban J connectivity index is 2.24. The van der Waals surface area contributed by atoms with Crippen LogP contribution in [-0.2, 0) is 0 Å². The van der Waals surface area contributed by atoms with Gasteiger partial charge in [0.25, 0.3) is 0 Å². The van der Waals surface area contributed by atoms with Gasteiger partial charge in [-0.1, -0.05) is 0 Å². The molecule has 0 aliphatic carbocycles. The Morgan fingerprint density at radius 1 is 1.06 bits per heavy atom. The van der Waals surface area contributed by atoms with Crippen molar-refractivity contribution in [2.24, 2.45) is 0 Å². The van der Waals surface area contributed by atoms with E-state index in [1.807, 2.05) is 18.2 Å². The molecule has 1 aromatic carbocycles. The Kier molecular flexibility index (Phi) is 3.47. The van der Waals surface area contributed by atoms with E-state index in [9.17, 15) is 0 Å². The number of rotatable bonds is 4. The molecule has 0 aliphatic heterocycles. The fourth-order valence-electron chi connectivity index (χ4n) is 1.50. The lowest BCUT2D eigenvalue weighted by atomic mass is 10.2. The maximum absolute atomic E-state index is 5.58. The van der Waals surface area contributed by atoms with Crippen LogP contribution in [0.5, 0.6) is 11.5 Å². The summed E-state index contributed by atoms with van der Waals surface area (Å²) in [6, 6.07) is 7.14. The number of benzene rings is 1. The molecule has 2 rings (SSSR count). The molecule has 18 heavy (non-hydrogen) atoms. The molecular formula is C12H14N4O2. The number of hydrogen-bond donors (Lipinski definition) is 2. The van der Waals surface area contributed by atoms with Gasteiger partial charge in [0.05, 0.1) is 14.2 Å². The molecule has 1 aromatic heterocycles. The lowest BCUT2D eigenvalue weighted by molar-refractivity contribution is 0.355. The highest BCUT2D eigenvalue weighted by molar-refractivity contribution is 5.62. The Labute approximate surface area is 105 Å². The van der Waals surface area contributed by atoms with E-state index < -0.39 is 0 Å². The van der Waals surface area contributed by atoms with E-state index in [1.54, 1.807) is 20.3 Å². The number of nitrogens with one attached hydrogen (secondary N) is 1. The molecule has 6 heteroatoms. The molecular weight excluding hydrogens is 232 g/mol. The maximum Gasteiger partial charge on any atom is 0.162 e. The summed E-state index contributed by atoms with van der Waals surface area (Å²) < 4.78 is 10.4. The van der Waals surface area contributed by atoms with E-state index in [2.05, 4.69) is 15.3 Å². The van der Waals surface area contributed by atoms with Crippen molar-refractivity contribution >= 4 is 17.3 Å². The topological polar surface area (TPSA) is 82.3 Å². The van der Waals surface area contributed by atoms with Gasteiger partial charge in [-0.2, -0.15) is 0 Å². The van der Waals surface area contributed by atoms with Crippen LogP contribution in [0.3, 0.4) is 0 Å². The molecule has 6 nitrogen and oxygen atoms in total. The lowest BCUT2D eigenvalue weighted by Crippen LogP contribution is -1.98. The smallest absolute Gasteiger partial charge is 0.162 e. The number of nitrogen functional groups attached to an aromatic ring is 1. The molecule has 94 valence electrons. The second-order valence-electron chi connectivity index (χ2n) is 3.52. The minimum Gasteiger partial charge on any atom is -0.493 e. The van der Waals surface area contributed by atoms with Crippen LogP contribution in [0.15, 0.2) is 30.6 Å². The molecule has 0 fully saturated rings. The third-order valence-corrected chi connectivity index (χ3v) is 2.34. The summed E-state index contributed by atoms with van der Waals surface area (Å²) >= 11 is 0. The van der Waals surface area contributed by atoms with E-state index in [-0.39, 0.29) is 0 Å². The highest BCUT2D eigenvalue weighted by Crippen LogP contribution is 2.30. The number of hydrogen-bond acceptors (Lipinski definition) is 6. The standard InChI is InChI=1S/C12H14N4O2/c1-17-9-4-3-8(5-10(9)18-2)16-12-6-11(13)14-7-15-12/h3-7H,1-2H3,(H3,13,14,15,16). The molecule has 1 heterocycles. The SMILES string of the molecule is COc1ccc(Nc2cc(N)ncn2)cc1OC. The van der Waals surface area contributed by atoms with Gasteiger partial charge in [-0.25, -0.2) is 9.97 Å². The molecule has 0 atom stereocenters. The fraction of sp³-hybridized carbons (Fsp3) is 0.167. The van der Waals surface area contributed by atoms with Crippen LogP contribution in [0.1, 0.15) is 0 Å². The Morgan fingerprint density at radius 2 is 1.83 bits per heavy atom. The van der Waals surface area contributed by atoms with Gasteiger partial charge in [-0.15, -0.1) is 0 Å². The van der Waals surface area contributed by atoms with Crippen molar-refractivity contribution in [1.82, 2.24) is 9.97 Å². The quantitative estimate of drug-likeness (QED) is 0.856.